The van der Waals surface area contributed by atoms with Crippen molar-refractivity contribution in [2.24, 2.45) is 0 Å². The van der Waals surface area contributed by atoms with Gasteiger partial charge in [-0.15, -0.1) is 0 Å². The van der Waals surface area contributed by atoms with Crippen molar-refractivity contribution < 1.29 is 19.1 Å². The van der Waals surface area contributed by atoms with Gasteiger partial charge in [0.15, 0.2) is 6.73 Å². The molecule has 0 heterocycles. The second-order valence-corrected chi connectivity index (χ2v) is 6.44. The number of hydrogen-bond acceptors (Lipinski definition) is 4. The molecule has 0 aromatic heterocycles. The molecule has 3 aromatic rings. The number of ether oxygens (including phenoxy) is 2. The van der Waals surface area contributed by atoms with Crippen LogP contribution in [-0.4, -0.2) is 25.4 Å². The first-order valence-electron chi connectivity index (χ1n) is 9.05. The molecular formula is C23H19NO4. The topological polar surface area (TPSA) is 64.6 Å². The van der Waals surface area contributed by atoms with Crippen LogP contribution in [-0.2, 0) is 9.47 Å². The Labute approximate surface area is 162 Å². The second kappa shape index (κ2) is 7.96. The van der Waals surface area contributed by atoms with Crippen molar-refractivity contribution in [1.82, 2.24) is 5.32 Å². The number of hydrogen-bond donors (Lipinski definition) is 1. The molecule has 1 aliphatic rings. The highest BCUT2D eigenvalue weighted by molar-refractivity contribution is 5.89. The van der Waals surface area contributed by atoms with Gasteiger partial charge in [-0.2, -0.15) is 0 Å². The van der Waals surface area contributed by atoms with Gasteiger partial charge in [-0.25, -0.2) is 9.59 Å². The molecule has 1 N–H and O–H groups in total. The Morgan fingerprint density at radius 3 is 1.96 bits per heavy atom. The Hall–Kier alpha value is -3.60. The van der Waals surface area contributed by atoms with E-state index in [-0.39, 0.29) is 19.3 Å². The molecule has 4 rings (SSSR count). The molecule has 0 fully saturated rings. The standard InChI is InChI=1S/C23H19NO4/c25-22(16-8-2-1-3-9-16)28-15-24-23(26)27-14-21-19-12-6-4-10-17(19)18-11-5-7-13-20(18)21/h1-13,21H,14-15H2,(H,24,26). The highest BCUT2D eigenvalue weighted by Crippen LogP contribution is 2.44. The second-order valence-electron chi connectivity index (χ2n) is 6.44. The van der Waals surface area contributed by atoms with E-state index in [1.807, 2.05) is 30.3 Å². The molecule has 0 unspecified atom stereocenters. The van der Waals surface area contributed by atoms with Crippen molar-refractivity contribution in [3.05, 3.63) is 95.6 Å². The van der Waals surface area contributed by atoms with E-state index in [9.17, 15) is 9.59 Å². The maximum atomic E-state index is 12.0. The van der Waals surface area contributed by atoms with E-state index >= 15 is 0 Å². The summed E-state index contributed by atoms with van der Waals surface area (Å²) in [7, 11) is 0. The third-order valence-corrected chi connectivity index (χ3v) is 4.77. The molecular weight excluding hydrogens is 354 g/mol. The number of rotatable bonds is 5. The normalized spacial score (nSPS) is 12.0. The molecule has 0 bridgehead atoms. The van der Waals surface area contributed by atoms with E-state index in [4.69, 9.17) is 9.47 Å². The van der Waals surface area contributed by atoms with Crippen LogP contribution in [0.2, 0.25) is 0 Å². The SMILES string of the molecule is O=C(NCOC(=O)c1ccccc1)OCC1c2ccccc2-c2ccccc21. The molecule has 0 aliphatic heterocycles. The number of amides is 1. The van der Waals surface area contributed by atoms with E-state index in [2.05, 4.69) is 29.6 Å². The zero-order chi connectivity index (χ0) is 19.3. The third kappa shape index (κ3) is 3.60. The number of carbonyl (C=O) groups excluding carboxylic acids is 2. The van der Waals surface area contributed by atoms with Gasteiger partial charge in [-0.1, -0.05) is 66.7 Å². The molecule has 1 aliphatic carbocycles. The van der Waals surface area contributed by atoms with E-state index in [1.165, 1.54) is 11.1 Å². The summed E-state index contributed by atoms with van der Waals surface area (Å²) in [4.78, 5) is 23.9. The Morgan fingerprint density at radius 1 is 0.750 bits per heavy atom. The minimum absolute atomic E-state index is 0.00924. The van der Waals surface area contributed by atoms with Crippen LogP contribution in [0, 0.1) is 0 Å². The summed E-state index contributed by atoms with van der Waals surface area (Å²) in [6.07, 6.45) is -0.622. The average Bonchev–Trinajstić information content (AvgIpc) is 3.07. The molecule has 3 aromatic carbocycles. The first-order valence-corrected chi connectivity index (χ1v) is 9.05. The average molecular weight is 373 g/mol. The van der Waals surface area contributed by atoms with Gasteiger partial charge in [0.2, 0.25) is 0 Å². The van der Waals surface area contributed by atoms with Crippen LogP contribution in [0.1, 0.15) is 27.4 Å². The highest BCUT2D eigenvalue weighted by atomic mass is 16.6. The Balaban J connectivity index is 1.32. The minimum atomic E-state index is -0.622. The van der Waals surface area contributed by atoms with Gasteiger partial charge in [-0.3, -0.25) is 5.32 Å². The number of fused-ring (bicyclic) bond motifs is 3. The lowest BCUT2D eigenvalue weighted by Gasteiger charge is -2.14. The Morgan fingerprint density at radius 2 is 1.32 bits per heavy atom. The first-order chi connectivity index (χ1) is 13.7. The lowest BCUT2D eigenvalue weighted by atomic mass is 9.98. The van der Waals surface area contributed by atoms with Crippen molar-refractivity contribution >= 4 is 12.1 Å². The molecule has 0 saturated carbocycles. The van der Waals surface area contributed by atoms with E-state index < -0.39 is 12.1 Å². The van der Waals surface area contributed by atoms with Crippen LogP contribution in [0.3, 0.4) is 0 Å². The fraction of sp³-hybridized carbons (Fsp3) is 0.130. The summed E-state index contributed by atoms with van der Waals surface area (Å²) in [6.45, 7) is -0.0309. The lowest BCUT2D eigenvalue weighted by Crippen LogP contribution is -2.29. The predicted molar refractivity (Wildman–Crippen MR) is 105 cm³/mol. The van der Waals surface area contributed by atoms with Crippen molar-refractivity contribution in [2.75, 3.05) is 13.3 Å². The van der Waals surface area contributed by atoms with Crippen LogP contribution in [0.15, 0.2) is 78.9 Å². The largest absolute Gasteiger partial charge is 0.448 e. The van der Waals surface area contributed by atoms with Crippen LogP contribution in [0.5, 0.6) is 0 Å². The summed E-state index contributed by atoms with van der Waals surface area (Å²) in [5.41, 5.74) is 5.06. The molecule has 0 atom stereocenters. The molecule has 0 spiro atoms. The Bertz CT molecular complexity index is 955. The van der Waals surface area contributed by atoms with Gasteiger partial charge in [-0.05, 0) is 34.4 Å². The van der Waals surface area contributed by atoms with Crippen molar-refractivity contribution in [3.8, 4) is 11.1 Å². The summed E-state index contributed by atoms with van der Waals surface area (Å²) in [5.74, 6) is -0.510. The molecule has 5 nitrogen and oxygen atoms in total. The van der Waals surface area contributed by atoms with Gasteiger partial charge in [0.05, 0.1) is 5.56 Å². The molecule has 0 saturated heterocycles. The molecule has 0 radical (unpaired) electrons. The van der Waals surface area contributed by atoms with E-state index in [0.717, 1.165) is 11.1 Å². The van der Waals surface area contributed by atoms with Crippen LogP contribution < -0.4 is 5.32 Å². The van der Waals surface area contributed by atoms with Crippen LogP contribution in [0.25, 0.3) is 11.1 Å². The monoisotopic (exact) mass is 373 g/mol. The molecule has 140 valence electrons. The minimum Gasteiger partial charge on any atom is -0.448 e. The fourth-order valence-corrected chi connectivity index (χ4v) is 3.47. The molecule has 5 heteroatoms. The summed E-state index contributed by atoms with van der Waals surface area (Å²) in [6, 6.07) is 24.9. The summed E-state index contributed by atoms with van der Waals surface area (Å²) >= 11 is 0. The third-order valence-electron chi connectivity index (χ3n) is 4.77. The number of benzene rings is 3. The van der Waals surface area contributed by atoms with Crippen LogP contribution >= 0.6 is 0 Å². The number of esters is 1. The Kier molecular flexibility index (Phi) is 5.06. The van der Waals surface area contributed by atoms with E-state index in [1.54, 1.807) is 24.3 Å². The van der Waals surface area contributed by atoms with Gasteiger partial charge in [0, 0.05) is 5.92 Å². The van der Waals surface area contributed by atoms with Crippen molar-refractivity contribution in [3.63, 3.8) is 0 Å². The van der Waals surface area contributed by atoms with E-state index in [0.29, 0.717) is 5.56 Å². The van der Waals surface area contributed by atoms with Gasteiger partial charge in [0.25, 0.3) is 0 Å². The fourth-order valence-electron chi connectivity index (χ4n) is 3.47. The zero-order valence-electron chi connectivity index (χ0n) is 15.1. The molecule has 28 heavy (non-hydrogen) atoms. The smallest absolute Gasteiger partial charge is 0.409 e. The van der Waals surface area contributed by atoms with Crippen molar-refractivity contribution in [1.29, 1.82) is 0 Å². The zero-order valence-corrected chi connectivity index (χ0v) is 15.1. The van der Waals surface area contributed by atoms with Gasteiger partial charge < -0.3 is 9.47 Å². The summed E-state index contributed by atoms with van der Waals surface area (Å²) in [5, 5.41) is 2.45. The predicted octanol–water partition coefficient (Wildman–Crippen LogP) is 4.34. The number of alkyl carbamates (subject to hydrolysis) is 1. The first kappa shape index (κ1) is 17.8. The quantitative estimate of drug-likeness (QED) is 0.534. The maximum absolute atomic E-state index is 12.0. The van der Waals surface area contributed by atoms with Crippen molar-refractivity contribution in [2.45, 2.75) is 5.92 Å². The maximum Gasteiger partial charge on any atom is 0.409 e. The molecule has 1 amide bonds. The van der Waals surface area contributed by atoms with Gasteiger partial charge in [0.1, 0.15) is 6.61 Å². The van der Waals surface area contributed by atoms with Gasteiger partial charge >= 0.3 is 12.1 Å². The van der Waals surface area contributed by atoms with Crippen LogP contribution in [0.4, 0.5) is 4.79 Å². The summed E-state index contributed by atoms with van der Waals surface area (Å²) < 4.78 is 10.4. The number of carbonyl (C=O) groups is 2. The number of nitrogens with one attached hydrogen (secondary N) is 1. The highest BCUT2D eigenvalue weighted by Gasteiger charge is 2.28. The lowest BCUT2D eigenvalue weighted by molar-refractivity contribution is 0.0463.